The Morgan fingerprint density at radius 1 is 0.327 bits per heavy atom. The molecule has 0 unspecified atom stereocenters. The van der Waals surface area contributed by atoms with E-state index in [0.717, 1.165) is 0 Å². The summed E-state index contributed by atoms with van der Waals surface area (Å²) in [6, 6.07) is 61.3. The topological polar surface area (TPSA) is 0 Å². The van der Waals surface area contributed by atoms with Crippen LogP contribution in [0.3, 0.4) is 0 Å². The molecular weight excluding hydrogens is 589 g/mol. The minimum Gasteiger partial charge on any atom is -0.0622 e. The Bertz CT molecular complexity index is 2690. The monoisotopic (exact) mass is 624 g/mol. The molecule has 0 heterocycles. The van der Waals surface area contributed by atoms with Crippen molar-refractivity contribution in [2.45, 2.75) is 31.6 Å². The van der Waals surface area contributed by atoms with Gasteiger partial charge in [0.25, 0.3) is 0 Å². The highest BCUT2D eigenvalue weighted by atomic mass is 14.3. The summed E-state index contributed by atoms with van der Waals surface area (Å²) in [5.74, 6) is 0.613. The van der Waals surface area contributed by atoms with Gasteiger partial charge in [-0.3, -0.25) is 0 Å². The van der Waals surface area contributed by atoms with Gasteiger partial charge in [0.2, 0.25) is 0 Å². The molecule has 0 bridgehead atoms. The second-order valence-electron chi connectivity index (χ2n) is 13.9. The summed E-state index contributed by atoms with van der Waals surface area (Å²) in [5, 5.41) is 13.3. The van der Waals surface area contributed by atoms with Crippen LogP contribution in [0, 0.1) is 0 Å². The SMILES string of the molecule is c1ccc(-c2c3ccccc3c(-c3ccccc3)c3cc(-c4cccc5c4cc(C4CCCC4)c4cc6ccccc6cc45)ccc23)cc1. The van der Waals surface area contributed by atoms with E-state index < -0.39 is 0 Å². The van der Waals surface area contributed by atoms with Gasteiger partial charge >= 0.3 is 0 Å². The van der Waals surface area contributed by atoms with Gasteiger partial charge < -0.3 is 0 Å². The normalized spacial score (nSPS) is 13.7. The molecule has 0 saturated heterocycles. The van der Waals surface area contributed by atoms with Gasteiger partial charge in [-0.25, -0.2) is 0 Å². The average molecular weight is 625 g/mol. The number of hydrogen-bond donors (Lipinski definition) is 0. The molecule has 9 aromatic carbocycles. The Balaban J connectivity index is 1.30. The molecule has 0 atom stereocenters. The Morgan fingerprint density at radius 3 is 1.55 bits per heavy atom. The van der Waals surface area contributed by atoms with E-state index in [9.17, 15) is 0 Å². The number of rotatable bonds is 4. The van der Waals surface area contributed by atoms with Crippen LogP contribution >= 0.6 is 0 Å². The quantitative estimate of drug-likeness (QED) is 0.135. The first-order valence-electron chi connectivity index (χ1n) is 17.8. The largest absolute Gasteiger partial charge is 0.0622 e. The zero-order valence-corrected chi connectivity index (χ0v) is 27.5. The fourth-order valence-corrected chi connectivity index (χ4v) is 8.89. The van der Waals surface area contributed by atoms with Crippen molar-refractivity contribution in [1.82, 2.24) is 0 Å². The molecule has 232 valence electrons. The summed E-state index contributed by atoms with van der Waals surface area (Å²) >= 11 is 0. The molecule has 0 aromatic heterocycles. The van der Waals surface area contributed by atoms with Crippen LogP contribution in [-0.2, 0) is 0 Å². The van der Waals surface area contributed by atoms with Crippen LogP contribution in [0.25, 0.3) is 87.2 Å². The highest BCUT2D eigenvalue weighted by Crippen LogP contribution is 2.47. The van der Waals surface area contributed by atoms with Gasteiger partial charge in [0.15, 0.2) is 0 Å². The molecule has 10 rings (SSSR count). The van der Waals surface area contributed by atoms with Crippen LogP contribution in [0.2, 0.25) is 0 Å². The van der Waals surface area contributed by atoms with Gasteiger partial charge in [-0.1, -0.05) is 152 Å². The Labute approximate surface area is 287 Å². The zero-order chi connectivity index (χ0) is 32.3. The maximum Gasteiger partial charge on any atom is -0.00262 e. The molecule has 49 heavy (non-hydrogen) atoms. The molecule has 1 fully saturated rings. The molecule has 1 aliphatic rings. The van der Waals surface area contributed by atoms with Crippen molar-refractivity contribution >= 4 is 53.9 Å². The van der Waals surface area contributed by atoms with Crippen molar-refractivity contribution in [3.05, 3.63) is 169 Å². The minimum atomic E-state index is 0.613. The summed E-state index contributed by atoms with van der Waals surface area (Å²) in [6.07, 6.45) is 5.21. The lowest BCUT2D eigenvalue weighted by molar-refractivity contribution is 0.730. The molecule has 0 spiro atoms. The molecule has 0 N–H and O–H groups in total. The number of benzene rings is 9. The Morgan fingerprint density at radius 2 is 0.878 bits per heavy atom. The summed E-state index contributed by atoms with van der Waals surface area (Å²) in [7, 11) is 0. The third-order valence-electron chi connectivity index (χ3n) is 11.1. The molecule has 1 saturated carbocycles. The van der Waals surface area contributed by atoms with Crippen molar-refractivity contribution in [1.29, 1.82) is 0 Å². The van der Waals surface area contributed by atoms with Gasteiger partial charge in [0.05, 0.1) is 0 Å². The van der Waals surface area contributed by atoms with Crippen LogP contribution in [-0.4, -0.2) is 0 Å². The first kappa shape index (κ1) is 28.3. The predicted molar refractivity (Wildman–Crippen MR) is 211 cm³/mol. The smallest absolute Gasteiger partial charge is 0.00262 e. The third kappa shape index (κ3) is 4.59. The maximum atomic E-state index is 2.57. The first-order chi connectivity index (χ1) is 24.3. The van der Waals surface area contributed by atoms with Crippen molar-refractivity contribution in [2.75, 3.05) is 0 Å². The standard InChI is InChI=1S/C49H36/c1-3-16-33(17-4-1)48-40-22-11-12-23-41(40)49(34-18-5-2-6-19-34)47-30-37(26-27-42(47)48)38-24-13-25-39-44-28-35-20-9-10-21-36(35)29-45(44)43(31-46(38)39)32-14-7-8-15-32/h1-6,9-13,16-32H,7-8,14-15H2. The highest BCUT2D eigenvalue weighted by molar-refractivity contribution is 6.23. The van der Waals surface area contributed by atoms with Crippen molar-refractivity contribution < 1.29 is 0 Å². The first-order valence-corrected chi connectivity index (χ1v) is 17.8. The van der Waals surface area contributed by atoms with Gasteiger partial charge in [-0.05, 0) is 136 Å². The summed E-state index contributed by atoms with van der Waals surface area (Å²) in [4.78, 5) is 0. The molecule has 0 aliphatic heterocycles. The third-order valence-corrected chi connectivity index (χ3v) is 11.1. The lowest BCUT2D eigenvalue weighted by Gasteiger charge is -2.20. The molecule has 1 aliphatic carbocycles. The molecular formula is C49H36. The van der Waals surface area contributed by atoms with Crippen molar-refractivity contribution in [3.63, 3.8) is 0 Å². The van der Waals surface area contributed by atoms with Crippen LogP contribution in [0.4, 0.5) is 0 Å². The van der Waals surface area contributed by atoms with Crippen LogP contribution in [0.1, 0.15) is 37.2 Å². The lowest BCUT2D eigenvalue weighted by atomic mass is 9.83. The van der Waals surface area contributed by atoms with E-state index in [-0.39, 0.29) is 0 Å². The lowest BCUT2D eigenvalue weighted by Crippen LogP contribution is -1.96. The van der Waals surface area contributed by atoms with E-state index >= 15 is 0 Å². The van der Waals surface area contributed by atoms with Crippen LogP contribution in [0.15, 0.2) is 164 Å². The molecule has 0 amide bonds. The molecule has 0 nitrogen and oxygen atoms in total. The van der Waals surface area contributed by atoms with E-state index in [2.05, 4.69) is 164 Å². The number of hydrogen-bond acceptors (Lipinski definition) is 0. The maximum absolute atomic E-state index is 2.57. The van der Waals surface area contributed by atoms with Crippen molar-refractivity contribution in [2.24, 2.45) is 0 Å². The van der Waals surface area contributed by atoms with Gasteiger partial charge in [-0.15, -0.1) is 0 Å². The van der Waals surface area contributed by atoms with Gasteiger partial charge in [-0.2, -0.15) is 0 Å². The Hall–Kier alpha value is -5.72. The van der Waals surface area contributed by atoms with E-state index in [4.69, 9.17) is 0 Å². The van der Waals surface area contributed by atoms with Gasteiger partial charge in [0.1, 0.15) is 0 Å². The Kier molecular flexibility index (Phi) is 6.62. The van der Waals surface area contributed by atoms with Crippen LogP contribution in [0.5, 0.6) is 0 Å². The molecule has 9 aromatic rings. The van der Waals surface area contributed by atoms with Gasteiger partial charge in [0, 0.05) is 0 Å². The minimum absolute atomic E-state index is 0.613. The second-order valence-corrected chi connectivity index (χ2v) is 13.9. The van der Waals surface area contributed by atoms with Crippen LogP contribution < -0.4 is 0 Å². The summed E-state index contributed by atoms with van der Waals surface area (Å²) < 4.78 is 0. The number of fused-ring (bicyclic) bond motifs is 6. The molecule has 0 heteroatoms. The van der Waals surface area contributed by atoms with E-state index in [1.807, 2.05) is 0 Å². The summed E-state index contributed by atoms with van der Waals surface area (Å²) in [6.45, 7) is 0. The average Bonchev–Trinajstić information content (AvgIpc) is 3.71. The van der Waals surface area contributed by atoms with E-state index in [0.29, 0.717) is 5.92 Å². The van der Waals surface area contributed by atoms with E-state index in [1.54, 1.807) is 0 Å². The van der Waals surface area contributed by atoms with Crippen molar-refractivity contribution in [3.8, 4) is 33.4 Å². The fourth-order valence-electron chi connectivity index (χ4n) is 8.89. The highest BCUT2D eigenvalue weighted by Gasteiger charge is 2.22. The predicted octanol–water partition coefficient (Wildman–Crippen LogP) is 14.1. The second kappa shape index (κ2) is 11.5. The molecule has 0 radical (unpaired) electrons. The fraction of sp³-hybridized carbons (Fsp3) is 0.102. The van der Waals surface area contributed by atoms with E-state index in [1.165, 1.54) is 118 Å². The zero-order valence-electron chi connectivity index (χ0n) is 27.5. The summed E-state index contributed by atoms with van der Waals surface area (Å²) in [5.41, 5.74) is 9.21.